The van der Waals surface area contributed by atoms with Gasteiger partial charge < -0.3 is 9.57 Å². The Morgan fingerprint density at radius 2 is 1.82 bits per heavy atom. The Kier molecular flexibility index (Phi) is 7.04. The van der Waals surface area contributed by atoms with Gasteiger partial charge in [0.2, 0.25) is 0 Å². The molecule has 0 heterocycles. The maximum absolute atomic E-state index is 9.08. The molecule has 0 fully saturated rings. The molecule has 4 nitrogen and oxygen atoms in total. The van der Waals surface area contributed by atoms with Crippen molar-refractivity contribution in [1.82, 2.24) is 0 Å². The summed E-state index contributed by atoms with van der Waals surface area (Å²) < 4.78 is 6.92. The molecule has 0 unspecified atom stereocenters. The lowest BCUT2D eigenvalue weighted by atomic mass is 10.1. The average molecular weight is 482 g/mol. The summed E-state index contributed by atoms with van der Waals surface area (Å²) in [5.41, 5.74) is 4.71. The first kappa shape index (κ1) is 19.9. The molecule has 0 spiro atoms. The normalized spacial score (nSPS) is 10.6. The van der Waals surface area contributed by atoms with Crippen LogP contribution in [0.4, 0.5) is 0 Å². The van der Waals surface area contributed by atoms with Gasteiger partial charge in [-0.1, -0.05) is 53.2 Å². The minimum absolute atomic E-state index is 0.259. The molecule has 0 N–H and O–H groups in total. The van der Waals surface area contributed by atoms with Crippen LogP contribution in [0.1, 0.15) is 27.8 Å². The third kappa shape index (κ3) is 5.57. The number of benzene rings is 3. The Morgan fingerprint density at radius 3 is 2.57 bits per heavy atom. The van der Waals surface area contributed by atoms with E-state index >= 15 is 0 Å². The first-order valence-corrected chi connectivity index (χ1v) is 9.85. The van der Waals surface area contributed by atoms with Crippen molar-refractivity contribution in [3.8, 4) is 11.8 Å². The number of nitriles is 1. The van der Waals surface area contributed by atoms with Crippen LogP contribution < -0.4 is 4.74 Å². The number of halogens is 1. The fourth-order valence-corrected chi connectivity index (χ4v) is 3.22. The predicted molar refractivity (Wildman–Crippen MR) is 118 cm³/mol. The summed E-state index contributed by atoms with van der Waals surface area (Å²) in [6, 6.07) is 23.6. The number of oxime groups is 1. The van der Waals surface area contributed by atoms with E-state index in [1.54, 1.807) is 12.3 Å². The number of hydrogen-bond donors (Lipinski definition) is 0. The van der Waals surface area contributed by atoms with Gasteiger partial charge in [0.25, 0.3) is 0 Å². The molecular weight excluding hydrogens is 463 g/mol. The monoisotopic (exact) mass is 482 g/mol. The lowest BCUT2D eigenvalue weighted by molar-refractivity contribution is 0.132. The summed E-state index contributed by atoms with van der Waals surface area (Å²) in [6.07, 6.45) is 1.65. The molecule has 0 atom stereocenters. The minimum Gasteiger partial charge on any atom is -0.488 e. The van der Waals surface area contributed by atoms with Crippen molar-refractivity contribution in [3.05, 3.63) is 98.1 Å². The zero-order valence-electron chi connectivity index (χ0n) is 15.4. The largest absolute Gasteiger partial charge is 0.488 e. The Hall–Kier alpha value is -2.85. The summed E-state index contributed by atoms with van der Waals surface area (Å²) in [6.45, 7) is 2.86. The van der Waals surface area contributed by atoms with E-state index in [9.17, 15) is 0 Å². The van der Waals surface area contributed by atoms with Crippen molar-refractivity contribution >= 4 is 28.8 Å². The van der Waals surface area contributed by atoms with Gasteiger partial charge in [0.1, 0.15) is 19.0 Å². The zero-order valence-corrected chi connectivity index (χ0v) is 17.6. The van der Waals surface area contributed by atoms with E-state index in [1.807, 2.05) is 36.4 Å². The van der Waals surface area contributed by atoms with Gasteiger partial charge in [0.05, 0.1) is 21.4 Å². The number of aryl methyl sites for hydroxylation is 1. The molecule has 3 aromatic rings. The molecule has 140 valence electrons. The second kappa shape index (κ2) is 9.90. The van der Waals surface area contributed by atoms with Crippen molar-refractivity contribution in [2.45, 2.75) is 20.1 Å². The molecule has 0 aliphatic heterocycles. The predicted octanol–water partition coefficient (Wildman–Crippen LogP) is 5.60. The number of rotatable bonds is 7. The van der Waals surface area contributed by atoms with E-state index in [-0.39, 0.29) is 6.61 Å². The van der Waals surface area contributed by atoms with E-state index in [4.69, 9.17) is 14.8 Å². The van der Waals surface area contributed by atoms with Crippen LogP contribution in [-0.4, -0.2) is 6.21 Å². The van der Waals surface area contributed by atoms with Crippen molar-refractivity contribution in [1.29, 1.82) is 5.26 Å². The average Bonchev–Trinajstić information content (AvgIpc) is 2.72. The SMILES string of the molecule is Cc1ccc(COc2ccc(/C=N\OCc3ccccc3C#N)cc2I)cc1. The van der Waals surface area contributed by atoms with Gasteiger partial charge in [-0.3, -0.25) is 0 Å². The lowest BCUT2D eigenvalue weighted by Gasteiger charge is -2.09. The number of hydrogen-bond acceptors (Lipinski definition) is 4. The molecule has 5 heteroatoms. The molecule has 0 amide bonds. The molecule has 0 saturated heterocycles. The topological polar surface area (TPSA) is 54.6 Å². The van der Waals surface area contributed by atoms with Crippen LogP contribution in [0.15, 0.2) is 71.9 Å². The van der Waals surface area contributed by atoms with Gasteiger partial charge in [-0.05, 0) is 64.9 Å². The van der Waals surface area contributed by atoms with E-state index in [2.05, 4.69) is 65.0 Å². The van der Waals surface area contributed by atoms with Crippen molar-refractivity contribution < 1.29 is 9.57 Å². The Bertz CT molecular complexity index is 1010. The summed E-state index contributed by atoms with van der Waals surface area (Å²) in [4.78, 5) is 5.34. The highest BCUT2D eigenvalue weighted by molar-refractivity contribution is 14.1. The van der Waals surface area contributed by atoms with E-state index < -0.39 is 0 Å². The van der Waals surface area contributed by atoms with E-state index in [1.165, 1.54) is 5.56 Å². The highest BCUT2D eigenvalue weighted by Crippen LogP contribution is 2.23. The maximum Gasteiger partial charge on any atom is 0.143 e. The number of ether oxygens (including phenoxy) is 1. The van der Waals surface area contributed by atoms with Crippen LogP contribution >= 0.6 is 22.6 Å². The molecule has 0 radical (unpaired) electrons. The molecule has 28 heavy (non-hydrogen) atoms. The first-order chi connectivity index (χ1) is 13.7. The third-order valence-corrected chi connectivity index (χ3v) is 4.95. The fourth-order valence-electron chi connectivity index (χ4n) is 2.52. The van der Waals surface area contributed by atoms with Crippen molar-refractivity contribution in [2.24, 2.45) is 5.16 Å². The van der Waals surface area contributed by atoms with Crippen molar-refractivity contribution in [3.63, 3.8) is 0 Å². The van der Waals surface area contributed by atoms with Gasteiger partial charge >= 0.3 is 0 Å². The van der Waals surface area contributed by atoms with Crippen LogP contribution in [0.5, 0.6) is 5.75 Å². The molecule has 0 aliphatic carbocycles. The summed E-state index contributed by atoms with van der Waals surface area (Å²) >= 11 is 2.25. The summed E-state index contributed by atoms with van der Waals surface area (Å²) in [5.74, 6) is 0.835. The highest BCUT2D eigenvalue weighted by Gasteiger charge is 2.03. The highest BCUT2D eigenvalue weighted by atomic mass is 127. The lowest BCUT2D eigenvalue weighted by Crippen LogP contribution is -1.98. The van der Waals surface area contributed by atoms with Crippen molar-refractivity contribution in [2.75, 3.05) is 0 Å². The molecule has 3 aromatic carbocycles. The van der Waals surface area contributed by atoms with Gasteiger partial charge in [-0.2, -0.15) is 5.26 Å². The van der Waals surface area contributed by atoms with Crippen LogP contribution in [-0.2, 0) is 18.1 Å². The second-order valence-electron chi connectivity index (χ2n) is 6.24. The quantitative estimate of drug-likeness (QED) is 0.250. The molecule has 0 saturated carbocycles. The van der Waals surface area contributed by atoms with Crippen LogP contribution in [0.25, 0.3) is 0 Å². The van der Waals surface area contributed by atoms with Gasteiger partial charge in [0, 0.05) is 5.56 Å². The molecule has 3 rings (SSSR count). The first-order valence-electron chi connectivity index (χ1n) is 8.77. The zero-order chi connectivity index (χ0) is 19.8. The smallest absolute Gasteiger partial charge is 0.143 e. The molecule has 0 bridgehead atoms. The second-order valence-corrected chi connectivity index (χ2v) is 7.40. The third-order valence-electron chi connectivity index (χ3n) is 4.11. The summed E-state index contributed by atoms with van der Waals surface area (Å²) in [7, 11) is 0. The molecular formula is C23H19IN2O2. The Morgan fingerprint density at radius 1 is 1.04 bits per heavy atom. The van der Waals surface area contributed by atoms with E-state index in [0.29, 0.717) is 12.2 Å². The van der Waals surface area contributed by atoms with Gasteiger partial charge in [0.15, 0.2) is 0 Å². The standard InChI is InChI=1S/C23H19IN2O2/c1-17-6-8-18(9-7-17)15-27-23-11-10-19(12-22(23)24)14-26-28-16-21-5-3-2-4-20(21)13-25/h2-12,14H,15-16H2,1H3/b26-14-. The summed E-state index contributed by atoms with van der Waals surface area (Å²) in [5, 5.41) is 13.1. The van der Waals surface area contributed by atoms with Crippen LogP contribution in [0.3, 0.4) is 0 Å². The van der Waals surface area contributed by atoms with Crippen LogP contribution in [0, 0.1) is 21.8 Å². The molecule has 0 aromatic heterocycles. The Labute approximate surface area is 178 Å². The number of nitrogens with zero attached hydrogens (tertiary/aromatic N) is 2. The van der Waals surface area contributed by atoms with Crippen LogP contribution in [0.2, 0.25) is 0 Å². The fraction of sp³-hybridized carbons (Fsp3) is 0.130. The maximum atomic E-state index is 9.08. The minimum atomic E-state index is 0.259. The van der Waals surface area contributed by atoms with Gasteiger partial charge in [-0.25, -0.2) is 0 Å². The molecule has 0 aliphatic rings. The Balaban J connectivity index is 1.55. The van der Waals surface area contributed by atoms with E-state index in [0.717, 1.165) is 26.0 Å². The van der Waals surface area contributed by atoms with Gasteiger partial charge in [-0.15, -0.1) is 0 Å².